The molecule has 19 heavy (non-hydrogen) atoms. The fraction of sp³-hybridized carbons (Fsp3) is 0.571. The van der Waals surface area contributed by atoms with Gasteiger partial charge in [0.1, 0.15) is 5.56 Å². The fourth-order valence-corrected chi connectivity index (χ4v) is 2.30. The van der Waals surface area contributed by atoms with Gasteiger partial charge in [-0.2, -0.15) is 0 Å². The maximum absolute atomic E-state index is 12.3. The summed E-state index contributed by atoms with van der Waals surface area (Å²) in [5.74, 6) is -0.202. The molecule has 0 spiro atoms. The zero-order chi connectivity index (χ0) is 13.7. The zero-order valence-electron chi connectivity index (χ0n) is 11.2. The van der Waals surface area contributed by atoms with E-state index in [0.717, 1.165) is 25.9 Å². The largest absolute Gasteiger partial charge is 0.376 e. The molecule has 0 radical (unpaired) electrons. The minimum Gasteiger partial charge on any atom is -0.376 e. The van der Waals surface area contributed by atoms with Gasteiger partial charge >= 0.3 is 0 Å². The van der Waals surface area contributed by atoms with E-state index in [-0.39, 0.29) is 23.0 Å². The minimum atomic E-state index is -0.236. The van der Waals surface area contributed by atoms with Gasteiger partial charge in [0.15, 0.2) is 5.43 Å². The van der Waals surface area contributed by atoms with E-state index in [1.54, 1.807) is 4.90 Å². The summed E-state index contributed by atoms with van der Waals surface area (Å²) in [6.07, 6.45) is 5.98. The van der Waals surface area contributed by atoms with Crippen LogP contribution in [0.2, 0.25) is 0 Å². The van der Waals surface area contributed by atoms with Crippen molar-refractivity contribution in [1.82, 2.24) is 9.88 Å². The van der Waals surface area contributed by atoms with E-state index in [1.165, 1.54) is 18.5 Å². The molecule has 1 aromatic rings. The summed E-state index contributed by atoms with van der Waals surface area (Å²) < 4.78 is 5.70. The fourth-order valence-electron chi connectivity index (χ4n) is 2.30. The molecule has 1 amide bonds. The first-order chi connectivity index (χ1) is 9.22. The van der Waals surface area contributed by atoms with E-state index in [4.69, 9.17) is 4.74 Å². The Morgan fingerprint density at radius 2 is 2.42 bits per heavy atom. The van der Waals surface area contributed by atoms with Crippen LogP contribution < -0.4 is 5.43 Å². The molecule has 2 rings (SSSR count). The number of hydrogen-bond donors (Lipinski definition) is 1. The molecule has 1 unspecified atom stereocenters. The highest BCUT2D eigenvalue weighted by Gasteiger charge is 2.25. The van der Waals surface area contributed by atoms with E-state index in [2.05, 4.69) is 11.9 Å². The monoisotopic (exact) mass is 264 g/mol. The summed E-state index contributed by atoms with van der Waals surface area (Å²) in [6, 6.07) is 1.38. The summed E-state index contributed by atoms with van der Waals surface area (Å²) in [7, 11) is 0. The number of rotatable bonds is 4. The predicted octanol–water partition coefficient (Wildman–Crippen LogP) is 1.41. The number of nitrogens with one attached hydrogen (secondary N) is 1. The third kappa shape index (κ3) is 3.44. The number of aromatic amines is 1. The van der Waals surface area contributed by atoms with Crippen molar-refractivity contribution < 1.29 is 9.53 Å². The van der Waals surface area contributed by atoms with Crippen LogP contribution in [0.3, 0.4) is 0 Å². The average molecular weight is 264 g/mol. The Kier molecular flexibility index (Phi) is 4.74. The van der Waals surface area contributed by atoms with Crippen molar-refractivity contribution in [3.8, 4) is 0 Å². The van der Waals surface area contributed by atoms with E-state index in [9.17, 15) is 9.59 Å². The van der Waals surface area contributed by atoms with Crippen LogP contribution in [0.5, 0.6) is 0 Å². The first-order valence-corrected chi connectivity index (χ1v) is 6.80. The van der Waals surface area contributed by atoms with E-state index in [1.807, 2.05) is 0 Å². The lowest BCUT2D eigenvalue weighted by atomic mass is 10.1. The topological polar surface area (TPSA) is 62.4 Å². The lowest BCUT2D eigenvalue weighted by Crippen LogP contribution is -2.44. The predicted molar refractivity (Wildman–Crippen MR) is 72.2 cm³/mol. The highest BCUT2D eigenvalue weighted by atomic mass is 16.5. The zero-order valence-corrected chi connectivity index (χ0v) is 11.2. The van der Waals surface area contributed by atoms with E-state index < -0.39 is 0 Å². The molecule has 0 aromatic carbocycles. The normalized spacial score (nSPS) is 19.4. The number of carbonyl (C=O) groups is 1. The number of pyridine rings is 1. The molecule has 0 saturated carbocycles. The second-order valence-electron chi connectivity index (χ2n) is 4.81. The molecular formula is C14H20N2O3. The Balaban J connectivity index is 2.03. The van der Waals surface area contributed by atoms with Gasteiger partial charge in [-0.25, -0.2) is 0 Å². The van der Waals surface area contributed by atoms with Crippen LogP contribution in [0.25, 0.3) is 0 Å². The van der Waals surface area contributed by atoms with Crippen LogP contribution in [0.4, 0.5) is 0 Å². The highest BCUT2D eigenvalue weighted by molar-refractivity contribution is 5.93. The summed E-state index contributed by atoms with van der Waals surface area (Å²) in [6.45, 7) is 4.06. The third-order valence-corrected chi connectivity index (χ3v) is 3.28. The quantitative estimate of drug-likeness (QED) is 0.894. The van der Waals surface area contributed by atoms with Gasteiger partial charge in [-0.15, -0.1) is 0 Å². The number of piperidine rings is 1. The van der Waals surface area contributed by atoms with Gasteiger partial charge in [-0.3, -0.25) is 9.59 Å². The minimum absolute atomic E-state index is 0.0976. The van der Waals surface area contributed by atoms with E-state index >= 15 is 0 Å². The first-order valence-electron chi connectivity index (χ1n) is 6.80. The average Bonchev–Trinajstić information content (AvgIpc) is 2.45. The summed E-state index contributed by atoms with van der Waals surface area (Å²) in [5.41, 5.74) is -0.0287. The molecule has 104 valence electrons. The number of H-pyrrole nitrogens is 1. The molecule has 1 fully saturated rings. The number of ether oxygens (including phenoxy) is 1. The smallest absolute Gasteiger partial charge is 0.259 e. The number of carbonyl (C=O) groups excluding carboxylic acids is 1. The van der Waals surface area contributed by atoms with Gasteiger partial charge in [-0.1, -0.05) is 6.92 Å². The van der Waals surface area contributed by atoms with Crippen molar-refractivity contribution in [3.05, 3.63) is 34.2 Å². The maximum Gasteiger partial charge on any atom is 0.259 e. The lowest BCUT2D eigenvalue weighted by molar-refractivity contribution is 0.00205. The standard InChI is InChI=1S/C14H20N2O3/c1-2-8-19-11-4-3-7-16(10-11)14(18)12-9-15-6-5-13(12)17/h5-6,9,11H,2-4,7-8,10H2,1H3,(H,15,17). The third-order valence-electron chi connectivity index (χ3n) is 3.28. The van der Waals surface area contributed by atoms with Crippen LogP contribution in [-0.4, -0.2) is 41.6 Å². The Labute approximate surface area is 112 Å². The maximum atomic E-state index is 12.3. The van der Waals surface area contributed by atoms with Crippen molar-refractivity contribution >= 4 is 5.91 Å². The molecule has 1 aliphatic heterocycles. The SMILES string of the molecule is CCCOC1CCCN(C(=O)c2c[nH]ccc2=O)C1. The van der Waals surface area contributed by atoms with Crippen molar-refractivity contribution in [1.29, 1.82) is 0 Å². The van der Waals surface area contributed by atoms with Gasteiger partial charge in [0.05, 0.1) is 6.10 Å². The Morgan fingerprint density at radius 1 is 1.58 bits per heavy atom. The second kappa shape index (κ2) is 6.52. The summed E-state index contributed by atoms with van der Waals surface area (Å²) >= 11 is 0. The van der Waals surface area contributed by atoms with Crippen LogP contribution >= 0.6 is 0 Å². The molecule has 0 bridgehead atoms. The summed E-state index contributed by atoms with van der Waals surface area (Å²) in [5, 5.41) is 0. The van der Waals surface area contributed by atoms with Gasteiger partial charge in [0.2, 0.25) is 0 Å². The lowest BCUT2D eigenvalue weighted by Gasteiger charge is -2.32. The molecule has 2 heterocycles. The van der Waals surface area contributed by atoms with Crippen LogP contribution in [0.1, 0.15) is 36.5 Å². The van der Waals surface area contributed by atoms with Crippen LogP contribution in [-0.2, 0) is 4.74 Å². The molecule has 1 aliphatic rings. The molecule has 5 nitrogen and oxygen atoms in total. The second-order valence-corrected chi connectivity index (χ2v) is 4.81. The molecule has 1 saturated heterocycles. The molecular weight excluding hydrogens is 244 g/mol. The number of amides is 1. The molecule has 1 atom stereocenters. The van der Waals surface area contributed by atoms with Crippen LogP contribution in [0, 0.1) is 0 Å². The highest BCUT2D eigenvalue weighted by Crippen LogP contribution is 2.15. The van der Waals surface area contributed by atoms with Crippen molar-refractivity contribution in [2.75, 3.05) is 19.7 Å². The van der Waals surface area contributed by atoms with Crippen molar-refractivity contribution in [2.24, 2.45) is 0 Å². The number of nitrogens with zero attached hydrogens (tertiary/aromatic N) is 1. The van der Waals surface area contributed by atoms with Gasteiger partial charge in [0.25, 0.3) is 5.91 Å². The number of likely N-dealkylation sites (tertiary alicyclic amines) is 1. The van der Waals surface area contributed by atoms with E-state index in [0.29, 0.717) is 13.1 Å². The van der Waals surface area contributed by atoms with Crippen molar-refractivity contribution in [3.63, 3.8) is 0 Å². The number of aromatic nitrogens is 1. The molecule has 1 aromatic heterocycles. The molecule has 1 N–H and O–H groups in total. The van der Waals surface area contributed by atoms with Gasteiger partial charge in [-0.05, 0) is 19.3 Å². The molecule has 5 heteroatoms. The van der Waals surface area contributed by atoms with Crippen LogP contribution in [0.15, 0.2) is 23.3 Å². The summed E-state index contributed by atoms with van der Waals surface area (Å²) in [4.78, 5) is 28.5. The Bertz CT molecular complexity index is 484. The Hall–Kier alpha value is -1.62. The molecule has 0 aliphatic carbocycles. The van der Waals surface area contributed by atoms with Gasteiger partial charge in [0, 0.05) is 38.2 Å². The Morgan fingerprint density at radius 3 is 3.16 bits per heavy atom. The first kappa shape index (κ1) is 13.8. The van der Waals surface area contributed by atoms with Crippen molar-refractivity contribution in [2.45, 2.75) is 32.3 Å². The number of hydrogen-bond acceptors (Lipinski definition) is 3. The van der Waals surface area contributed by atoms with Gasteiger partial charge < -0.3 is 14.6 Å².